The quantitative estimate of drug-likeness (QED) is 0.423. The molecule has 2 amide bonds. The Morgan fingerprint density at radius 3 is 2.36 bits per heavy atom. The highest BCUT2D eigenvalue weighted by molar-refractivity contribution is 7.89. The van der Waals surface area contributed by atoms with E-state index in [1.54, 1.807) is 6.07 Å². The van der Waals surface area contributed by atoms with Gasteiger partial charge in [0.2, 0.25) is 10.0 Å². The van der Waals surface area contributed by atoms with Gasteiger partial charge in [-0.3, -0.25) is 9.59 Å². The van der Waals surface area contributed by atoms with Crippen molar-refractivity contribution in [1.29, 1.82) is 0 Å². The number of carbonyl (C=O) groups excluding carboxylic acids is 3. The number of benzene rings is 3. The number of esters is 1. The summed E-state index contributed by atoms with van der Waals surface area (Å²) in [5.41, 5.74) is 1.67. The van der Waals surface area contributed by atoms with E-state index in [-0.39, 0.29) is 35.5 Å². The van der Waals surface area contributed by atoms with Crippen molar-refractivity contribution in [3.63, 3.8) is 0 Å². The second kappa shape index (κ2) is 10.9. The predicted octanol–water partition coefficient (Wildman–Crippen LogP) is 3.20. The van der Waals surface area contributed by atoms with Gasteiger partial charge in [-0.2, -0.15) is 0 Å². The average Bonchev–Trinajstić information content (AvgIpc) is 3.19. The third kappa shape index (κ3) is 6.29. The number of nitrogens with one attached hydrogen (secondary N) is 1. The Morgan fingerprint density at radius 1 is 1.00 bits per heavy atom. The van der Waals surface area contributed by atoms with Crippen LogP contribution in [-0.4, -0.2) is 64.6 Å². The molecule has 0 aliphatic carbocycles. The van der Waals surface area contributed by atoms with Crippen LogP contribution < -0.4 is 9.62 Å². The molecule has 0 aromatic heterocycles. The van der Waals surface area contributed by atoms with E-state index < -0.39 is 39.4 Å². The summed E-state index contributed by atoms with van der Waals surface area (Å²) in [6.07, 6.45) is 0.838. The van der Waals surface area contributed by atoms with Crippen molar-refractivity contribution in [2.75, 3.05) is 38.4 Å². The molecule has 3 aromatic rings. The molecule has 1 aliphatic heterocycles. The van der Waals surface area contributed by atoms with E-state index in [0.29, 0.717) is 23.2 Å². The van der Waals surface area contributed by atoms with Crippen LogP contribution in [0.15, 0.2) is 54.6 Å². The molecule has 0 bridgehead atoms. The van der Waals surface area contributed by atoms with Gasteiger partial charge < -0.3 is 14.5 Å². The first-order valence-electron chi connectivity index (χ1n) is 11.7. The number of hydrogen-bond acceptors (Lipinski definition) is 7. The Balaban J connectivity index is 1.73. The monoisotopic (exact) mass is 557 g/mol. The maximum absolute atomic E-state index is 13.9. The number of anilines is 1. The molecule has 0 unspecified atom stereocenters. The van der Waals surface area contributed by atoms with Gasteiger partial charge in [0.05, 0.1) is 24.1 Å². The first-order valence-corrected chi connectivity index (χ1v) is 13.6. The number of likely N-dealkylation sites (N-methyl/N-ethyl adjacent to an activating group) is 1. The highest BCUT2D eigenvalue weighted by Gasteiger charge is 2.32. The highest BCUT2D eigenvalue weighted by atomic mass is 32.2. The topological polar surface area (TPSA) is 113 Å². The number of nitrogens with zero attached hydrogens (tertiary/aromatic N) is 2. The molecule has 1 aliphatic rings. The molecule has 39 heavy (non-hydrogen) atoms. The molecule has 0 fully saturated rings. The number of ether oxygens (including phenoxy) is 1. The van der Waals surface area contributed by atoms with Gasteiger partial charge in [0.1, 0.15) is 6.61 Å². The minimum absolute atomic E-state index is 0.0340. The lowest BCUT2D eigenvalue weighted by Crippen LogP contribution is -2.29. The summed E-state index contributed by atoms with van der Waals surface area (Å²) >= 11 is 0. The van der Waals surface area contributed by atoms with Crippen LogP contribution in [0.5, 0.6) is 0 Å². The molecular formula is C27H25F2N3O6S. The predicted molar refractivity (Wildman–Crippen MR) is 140 cm³/mol. The molecular weight excluding hydrogens is 532 g/mol. The number of halogens is 2. The van der Waals surface area contributed by atoms with Crippen molar-refractivity contribution in [2.45, 2.75) is 6.54 Å². The second-order valence-corrected chi connectivity index (χ2v) is 11.0. The van der Waals surface area contributed by atoms with Crippen LogP contribution in [0.3, 0.4) is 0 Å². The first kappa shape index (κ1) is 27.9. The van der Waals surface area contributed by atoms with Crippen LogP contribution in [0.25, 0.3) is 11.1 Å². The molecule has 9 nitrogen and oxygen atoms in total. The molecule has 0 spiro atoms. The molecule has 0 atom stereocenters. The number of amides is 2. The largest absolute Gasteiger partial charge is 0.461 e. The molecule has 0 radical (unpaired) electrons. The smallest absolute Gasteiger partial charge is 0.340 e. The minimum atomic E-state index is -3.82. The average molecular weight is 558 g/mol. The molecule has 4 rings (SSSR count). The van der Waals surface area contributed by atoms with Gasteiger partial charge in [-0.05, 0) is 67.2 Å². The zero-order valence-corrected chi connectivity index (χ0v) is 22.1. The van der Waals surface area contributed by atoms with Crippen LogP contribution in [0.4, 0.5) is 14.5 Å². The van der Waals surface area contributed by atoms with E-state index in [2.05, 4.69) is 0 Å². The van der Waals surface area contributed by atoms with E-state index in [1.807, 2.05) is 23.7 Å². The Labute approximate surface area is 224 Å². The van der Waals surface area contributed by atoms with E-state index in [9.17, 15) is 31.6 Å². The Hall–Kier alpha value is -4.16. The summed E-state index contributed by atoms with van der Waals surface area (Å²) in [6, 6.07) is 12.1. The summed E-state index contributed by atoms with van der Waals surface area (Å²) < 4.78 is 57.6. The van der Waals surface area contributed by atoms with E-state index >= 15 is 0 Å². The summed E-state index contributed by atoms with van der Waals surface area (Å²) in [7, 11) is -0.178. The van der Waals surface area contributed by atoms with Crippen molar-refractivity contribution in [3.05, 3.63) is 88.5 Å². The first-order chi connectivity index (χ1) is 18.3. The standard InChI is InChI=1S/C27H25F2N3O6S/c1-31(2)10-11-38-27(35)20-8-6-17(16-7-9-22(28)23(29)13-16)14-24(20)32-15-19-5-4-18(12-21(19)26(32)34)25(33)30-39(3,36)37/h4-9,12-14H,10-11,15H2,1-3H3,(H,30,33). The van der Waals surface area contributed by atoms with Crippen molar-refractivity contribution >= 4 is 33.5 Å². The Kier molecular flexibility index (Phi) is 7.79. The van der Waals surface area contributed by atoms with Gasteiger partial charge in [-0.25, -0.2) is 26.7 Å². The molecule has 204 valence electrons. The van der Waals surface area contributed by atoms with Gasteiger partial charge in [0.25, 0.3) is 11.8 Å². The number of fused-ring (bicyclic) bond motifs is 1. The number of hydrogen-bond donors (Lipinski definition) is 1. The fraction of sp³-hybridized carbons (Fsp3) is 0.222. The van der Waals surface area contributed by atoms with Crippen molar-refractivity contribution in [1.82, 2.24) is 9.62 Å². The van der Waals surface area contributed by atoms with Crippen molar-refractivity contribution in [3.8, 4) is 11.1 Å². The van der Waals surface area contributed by atoms with E-state index in [0.717, 1.165) is 18.4 Å². The van der Waals surface area contributed by atoms with E-state index in [4.69, 9.17) is 4.74 Å². The summed E-state index contributed by atoms with van der Waals surface area (Å²) in [6.45, 7) is 0.616. The fourth-order valence-corrected chi connectivity index (χ4v) is 4.50. The van der Waals surface area contributed by atoms with Crippen LogP contribution in [0.1, 0.15) is 36.6 Å². The molecule has 0 saturated carbocycles. The van der Waals surface area contributed by atoms with Gasteiger partial charge in [-0.1, -0.05) is 18.2 Å². The van der Waals surface area contributed by atoms with Gasteiger partial charge >= 0.3 is 5.97 Å². The van der Waals surface area contributed by atoms with Crippen molar-refractivity contribution < 1.29 is 36.3 Å². The van der Waals surface area contributed by atoms with Crippen LogP contribution in [0, 0.1) is 11.6 Å². The maximum Gasteiger partial charge on any atom is 0.340 e. The van der Waals surface area contributed by atoms with Gasteiger partial charge in [0, 0.05) is 17.7 Å². The summed E-state index contributed by atoms with van der Waals surface area (Å²) in [5.74, 6) is -4.17. The maximum atomic E-state index is 13.9. The Morgan fingerprint density at radius 2 is 1.69 bits per heavy atom. The summed E-state index contributed by atoms with van der Waals surface area (Å²) in [5, 5.41) is 0. The molecule has 3 aromatic carbocycles. The highest BCUT2D eigenvalue weighted by Crippen LogP contribution is 2.35. The third-order valence-corrected chi connectivity index (χ3v) is 6.54. The van der Waals surface area contributed by atoms with Gasteiger partial charge in [-0.15, -0.1) is 0 Å². The fourth-order valence-electron chi connectivity index (χ4n) is 4.05. The van der Waals surface area contributed by atoms with E-state index in [1.165, 1.54) is 41.3 Å². The zero-order valence-electron chi connectivity index (χ0n) is 21.3. The lowest BCUT2D eigenvalue weighted by atomic mass is 10.0. The molecule has 1 N–H and O–H groups in total. The summed E-state index contributed by atoms with van der Waals surface area (Å²) in [4.78, 5) is 42.0. The number of carbonyl (C=O) groups is 3. The normalized spacial score (nSPS) is 13.0. The lowest BCUT2D eigenvalue weighted by molar-refractivity contribution is 0.0482. The molecule has 1 heterocycles. The van der Waals surface area contributed by atoms with Crippen LogP contribution >= 0.6 is 0 Å². The molecule has 0 saturated heterocycles. The lowest BCUT2D eigenvalue weighted by Gasteiger charge is -2.21. The third-order valence-electron chi connectivity index (χ3n) is 5.99. The number of sulfonamides is 1. The Bertz CT molecular complexity index is 1590. The number of rotatable bonds is 8. The molecule has 12 heteroatoms. The van der Waals surface area contributed by atoms with Crippen molar-refractivity contribution in [2.24, 2.45) is 0 Å². The zero-order chi connectivity index (χ0) is 28.5. The van der Waals surface area contributed by atoms with Gasteiger partial charge in [0.15, 0.2) is 11.6 Å². The second-order valence-electron chi connectivity index (χ2n) is 9.27. The van der Waals surface area contributed by atoms with Crippen LogP contribution in [-0.2, 0) is 21.3 Å². The SMILES string of the molecule is CN(C)CCOC(=O)c1ccc(-c2ccc(F)c(F)c2)cc1N1Cc2ccc(C(=O)NS(C)(=O)=O)cc2C1=O. The minimum Gasteiger partial charge on any atom is -0.461 e. The van der Waals surface area contributed by atoms with Crippen LogP contribution in [0.2, 0.25) is 0 Å².